The lowest BCUT2D eigenvalue weighted by Crippen LogP contribution is -2.19. The number of aromatic nitrogens is 3. The Morgan fingerprint density at radius 3 is 2.81 bits per heavy atom. The van der Waals surface area contributed by atoms with Crippen LogP contribution in [0.2, 0.25) is 5.15 Å². The Kier molecular flexibility index (Phi) is 5.58. The van der Waals surface area contributed by atoms with Crippen LogP contribution in [0.3, 0.4) is 0 Å². The fourth-order valence-corrected chi connectivity index (χ4v) is 3.79. The van der Waals surface area contributed by atoms with E-state index in [-0.39, 0.29) is 28.2 Å². The van der Waals surface area contributed by atoms with Crippen LogP contribution in [0.1, 0.15) is 35.3 Å². The quantitative estimate of drug-likeness (QED) is 0.117. The minimum atomic E-state index is -0.325. The third-order valence-electron chi connectivity index (χ3n) is 5.20. The van der Waals surface area contributed by atoms with Crippen LogP contribution in [0.25, 0.3) is 22.3 Å². The van der Waals surface area contributed by atoms with Gasteiger partial charge in [0.2, 0.25) is 0 Å². The van der Waals surface area contributed by atoms with Gasteiger partial charge < -0.3 is 20.7 Å². The standard InChI is InChI=1S/C22H21ClN6O3/c1-10-6-14(12(3)27-16-4-5-17(23)28-18(16)22(24)29-31)21-15(7-10)19(30)11(2)20(32-21)13-8-25-26-9-13/h4-9,12,27,31H,1-3H3,(H2,24,29)(H,25,26). The van der Waals surface area contributed by atoms with Crippen molar-refractivity contribution in [2.24, 2.45) is 10.9 Å². The number of halogens is 1. The number of H-pyrrole nitrogens is 1. The molecule has 1 aromatic carbocycles. The van der Waals surface area contributed by atoms with Crippen molar-refractivity contribution in [3.8, 4) is 11.3 Å². The average Bonchev–Trinajstić information content (AvgIpc) is 3.31. The van der Waals surface area contributed by atoms with Crippen LogP contribution in [0.5, 0.6) is 0 Å². The number of fused-ring (bicyclic) bond motifs is 1. The van der Waals surface area contributed by atoms with E-state index >= 15 is 0 Å². The monoisotopic (exact) mass is 452 g/mol. The maximum atomic E-state index is 13.2. The summed E-state index contributed by atoms with van der Waals surface area (Å²) in [5.74, 6) is 0.278. The summed E-state index contributed by atoms with van der Waals surface area (Å²) < 4.78 is 6.26. The first kappa shape index (κ1) is 21.4. The Morgan fingerprint density at radius 2 is 2.12 bits per heavy atom. The number of amidine groups is 1. The summed E-state index contributed by atoms with van der Waals surface area (Å²) in [6, 6.07) is 6.72. The molecular weight excluding hydrogens is 432 g/mol. The molecule has 4 rings (SSSR count). The molecule has 0 saturated heterocycles. The highest BCUT2D eigenvalue weighted by Gasteiger charge is 2.20. The third kappa shape index (κ3) is 3.78. The van der Waals surface area contributed by atoms with Gasteiger partial charge in [-0.15, -0.1) is 0 Å². The SMILES string of the molecule is Cc1cc(C(C)Nc2ccc(Cl)nc2C(N)=NO)c2oc(-c3cn[nH]c3)c(C)c(=O)c2c1. The van der Waals surface area contributed by atoms with Crippen molar-refractivity contribution in [2.75, 3.05) is 5.32 Å². The van der Waals surface area contributed by atoms with Gasteiger partial charge in [0.05, 0.1) is 28.9 Å². The summed E-state index contributed by atoms with van der Waals surface area (Å²) in [6.07, 6.45) is 3.28. The molecule has 1 atom stereocenters. The lowest BCUT2D eigenvalue weighted by atomic mass is 9.99. The zero-order valence-corrected chi connectivity index (χ0v) is 18.4. The Balaban J connectivity index is 1.87. The van der Waals surface area contributed by atoms with Crippen molar-refractivity contribution < 1.29 is 9.62 Å². The predicted octanol–water partition coefficient (Wildman–Crippen LogP) is 4.12. The maximum absolute atomic E-state index is 13.2. The van der Waals surface area contributed by atoms with Crippen molar-refractivity contribution >= 4 is 34.1 Å². The van der Waals surface area contributed by atoms with Crippen molar-refractivity contribution in [3.63, 3.8) is 0 Å². The fraction of sp³-hybridized carbons (Fsp3) is 0.182. The molecule has 10 heteroatoms. The summed E-state index contributed by atoms with van der Waals surface area (Å²) in [5, 5.41) is 22.8. The van der Waals surface area contributed by atoms with Crippen LogP contribution >= 0.6 is 11.6 Å². The Labute approximate surface area is 187 Å². The van der Waals surface area contributed by atoms with Crippen LogP contribution < -0.4 is 16.5 Å². The highest BCUT2D eigenvalue weighted by molar-refractivity contribution is 6.29. The molecule has 0 amide bonds. The van der Waals surface area contributed by atoms with E-state index in [1.54, 1.807) is 31.5 Å². The number of nitrogens with one attached hydrogen (secondary N) is 2. The molecule has 0 aliphatic carbocycles. The number of nitrogens with two attached hydrogens (primary N) is 1. The van der Waals surface area contributed by atoms with Crippen LogP contribution in [0, 0.1) is 13.8 Å². The second kappa shape index (κ2) is 8.35. The number of oxime groups is 1. The molecule has 164 valence electrons. The molecule has 0 fully saturated rings. The normalized spacial score (nSPS) is 12.8. The first-order valence-corrected chi connectivity index (χ1v) is 10.2. The van der Waals surface area contributed by atoms with Crippen molar-refractivity contribution in [2.45, 2.75) is 26.8 Å². The minimum Gasteiger partial charge on any atom is -0.455 e. The number of hydrogen-bond donors (Lipinski definition) is 4. The minimum absolute atomic E-state index is 0.106. The smallest absolute Gasteiger partial charge is 0.196 e. The zero-order chi connectivity index (χ0) is 23.0. The molecule has 0 aliphatic rings. The Hall–Kier alpha value is -3.85. The van der Waals surface area contributed by atoms with Gasteiger partial charge in [-0.3, -0.25) is 9.89 Å². The van der Waals surface area contributed by atoms with Gasteiger partial charge in [-0.1, -0.05) is 22.8 Å². The second-order valence-electron chi connectivity index (χ2n) is 7.48. The molecule has 1 unspecified atom stereocenters. The highest BCUT2D eigenvalue weighted by Crippen LogP contribution is 2.32. The summed E-state index contributed by atoms with van der Waals surface area (Å²) in [4.78, 5) is 17.3. The topological polar surface area (TPSA) is 142 Å². The van der Waals surface area contributed by atoms with E-state index in [4.69, 9.17) is 27.0 Å². The lowest BCUT2D eigenvalue weighted by Gasteiger charge is -2.20. The zero-order valence-electron chi connectivity index (χ0n) is 17.6. The Bertz CT molecular complexity index is 1400. The number of rotatable bonds is 5. The van der Waals surface area contributed by atoms with Crippen molar-refractivity contribution in [3.05, 3.63) is 74.4 Å². The number of aryl methyl sites for hydroxylation is 1. The molecular formula is C22H21ClN6O3. The lowest BCUT2D eigenvalue weighted by molar-refractivity contribution is 0.318. The summed E-state index contributed by atoms with van der Waals surface area (Å²) in [6.45, 7) is 5.57. The highest BCUT2D eigenvalue weighted by atomic mass is 35.5. The predicted molar refractivity (Wildman–Crippen MR) is 123 cm³/mol. The molecule has 9 nitrogen and oxygen atoms in total. The first-order chi connectivity index (χ1) is 15.3. The molecule has 32 heavy (non-hydrogen) atoms. The average molecular weight is 453 g/mol. The maximum Gasteiger partial charge on any atom is 0.196 e. The van der Waals surface area contributed by atoms with E-state index in [0.29, 0.717) is 33.5 Å². The van der Waals surface area contributed by atoms with Crippen molar-refractivity contribution in [1.29, 1.82) is 0 Å². The molecule has 4 aromatic rings. The largest absolute Gasteiger partial charge is 0.455 e. The summed E-state index contributed by atoms with van der Waals surface area (Å²) in [7, 11) is 0. The third-order valence-corrected chi connectivity index (χ3v) is 5.41. The number of pyridine rings is 1. The Morgan fingerprint density at radius 1 is 1.34 bits per heavy atom. The molecule has 0 radical (unpaired) electrons. The van der Waals surface area contributed by atoms with Gasteiger partial charge in [-0.25, -0.2) is 4.98 Å². The van der Waals surface area contributed by atoms with E-state index < -0.39 is 0 Å². The summed E-state index contributed by atoms with van der Waals surface area (Å²) in [5.41, 5.74) is 9.72. The number of aromatic amines is 1. The van der Waals surface area contributed by atoms with E-state index in [1.807, 2.05) is 26.0 Å². The van der Waals surface area contributed by atoms with Gasteiger partial charge in [0.1, 0.15) is 22.2 Å². The second-order valence-corrected chi connectivity index (χ2v) is 7.87. The number of hydrogen-bond acceptors (Lipinski definition) is 7. The van der Waals surface area contributed by atoms with E-state index in [2.05, 4.69) is 25.7 Å². The summed E-state index contributed by atoms with van der Waals surface area (Å²) >= 11 is 5.98. The number of nitrogens with zero attached hydrogens (tertiary/aromatic N) is 3. The van der Waals surface area contributed by atoms with Crippen molar-refractivity contribution in [1.82, 2.24) is 15.2 Å². The van der Waals surface area contributed by atoms with Crippen LogP contribution in [-0.2, 0) is 0 Å². The van der Waals surface area contributed by atoms with Gasteiger partial charge >= 0.3 is 0 Å². The van der Waals surface area contributed by atoms with E-state index in [1.165, 1.54) is 0 Å². The molecule has 3 heterocycles. The van der Waals surface area contributed by atoms with E-state index in [0.717, 1.165) is 11.1 Å². The number of anilines is 1. The van der Waals surface area contributed by atoms with E-state index in [9.17, 15) is 4.79 Å². The van der Waals surface area contributed by atoms with Crippen LogP contribution in [0.15, 0.2) is 51.0 Å². The van der Waals surface area contributed by atoms with Crippen LogP contribution in [-0.4, -0.2) is 26.2 Å². The molecule has 5 N–H and O–H groups in total. The molecule has 0 saturated carbocycles. The molecule has 0 bridgehead atoms. The molecule has 0 spiro atoms. The molecule has 0 aliphatic heterocycles. The van der Waals surface area contributed by atoms with Gasteiger partial charge in [0.25, 0.3) is 0 Å². The molecule has 3 aromatic heterocycles. The fourth-order valence-electron chi connectivity index (χ4n) is 3.65. The van der Waals surface area contributed by atoms with Gasteiger partial charge in [-0.05, 0) is 44.5 Å². The first-order valence-electron chi connectivity index (χ1n) is 9.78. The van der Waals surface area contributed by atoms with Gasteiger partial charge in [0, 0.05) is 17.3 Å². The van der Waals surface area contributed by atoms with Crippen LogP contribution in [0.4, 0.5) is 5.69 Å². The number of benzene rings is 1. The van der Waals surface area contributed by atoms with Gasteiger partial charge in [0.15, 0.2) is 11.3 Å². The van der Waals surface area contributed by atoms with Gasteiger partial charge in [-0.2, -0.15) is 5.10 Å².